The highest BCUT2D eigenvalue weighted by molar-refractivity contribution is 6.04. The summed E-state index contributed by atoms with van der Waals surface area (Å²) in [6.45, 7) is 2.66. The number of carbonyl (C=O) groups excluding carboxylic acids is 2. The van der Waals surface area contributed by atoms with Gasteiger partial charge in [0, 0.05) is 43.7 Å². The molecular weight excluding hydrogens is 521 g/mol. The third kappa shape index (κ3) is 6.08. The molecule has 5 rings (SSSR count). The number of morpholine rings is 1. The Labute approximate surface area is 230 Å². The van der Waals surface area contributed by atoms with E-state index in [1.54, 1.807) is 42.5 Å². The molecule has 208 valence electrons. The Morgan fingerprint density at radius 2 is 1.52 bits per heavy atom. The van der Waals surface area contributed by atoms with E-state index >= 15 is 0 Å². The first-order valence-electron chi connectivity index (χ1n) is 13.1. The molecule has 0 radical (unpaired) electrons. The summed E-state index contributed by atoms with van der Waals surface area (Å²) in [5.74, 6) is -2.96. The Kier molecular flexibility index (Phi) is 8.57. The lowest BCUT2D eigenvalue weighted by Crippen LogP contribution is -2.46. The highest BCUT2D eigenvalue weighted by Gasteiger charge is 2.36. The van der Waals surface area contributed by atoms with Crippen LogP contribution in [0, 0.1) is 17.5 Å². The summed E-state index contributed by atoms with van der Waals surface area (Å²) in [6.07, 6.45) is 0.0860. The Morgan fingerprint density at radius 1 is 0.875 bits per heavy atom. The number of carbonyl (C=O) groups is 2. The van der Waals surface area contributed by atoms with Crippen LogP contribution in [0.5, 0.6) is 0 Å². The van der Waals surface area contributed by atoms with Crippen LogP contribution >= 0.6 is 0 Å². The highest BCUT2D eigenvalue weighted by Crippen LogP contribution is 2.34. The summed E-state index contributed by atoms with van der Waals surface area (Å²) >= 11 is 0. The maximum Gasteiger partial charge on any atom is 0.262 e. The minimum Gasteiger partial charge on any atom is -0.379 e. The lowest BCUT2D eigenvalue weighted by Gasteiger charge is -2.31. The van der Waals surface area contributed by atoms with E-state index in [9.17, 15) is 22.8 Å². The maximum absolute atomic E-state index is 14.9. The molecule has 10 heteroatoms. The van der Waals surface area contributed by atoms with Gasteiger partial charge in [0.25, 0.3) is 11.8 Å². The van der Waals surface area contributed by atoms with Gasteiger partial charge in [-0.05, 0) is 24.3 Å². The predicted molar refractivity (Wildman–Crippen MR) is 143 cm³/mol. The molecule has 3 aromatic rings. The van der Waals surface area contributed by atoms with Crippen LogP contribution in [0.15, 0.2) is 77.9 Å². The van der Waals surface area contributed by atoms with Crippen LogP contribution < -0.4 is 0 Å². The fourth-order valence-corrected chi connectivity index (χ4v) is 4.97. The Bertz CT molecular complexity index is 1410. The average molecular weight is 551 g/mol. The third-order valence-corrected chi connectivity index (χ3v) is 7.12. The Balaban J connectivity index is 1.44. The molecule has 2 aliphatic heterocycles. The molecule has 0 spiro atoms. The van der Waals surface area contributed by atoms with Crippen LogP contribution in [0.2, 0.25) is 0 Å². The molecule has 1 atom stereocenters. The molecule has 7 nitrogen and oxygen atoms in total. The van der Waals surface area contributed by atoms with Gasteiger partial charge in [0.05, 0.1) is 30.5 Å². The van der Waals surface area contributed by atoms with Crippen molar-refractivity contribution in [2.45, 2.75) is 12.5 Å². The normalized spacial score (nSPS) is 17.5. The molecule has 1 unspecified atom stereocenters. The van der Waals surface area contributed by atoms with E-state index in [1.165, 1.54) is 35.2 Å². The molecule has 2 amide bonds. The van der Waals surface area contributed by atoms with Crippen LogP contribution in [0.25, 0.3) is 0 Å². The van der Waals surface area contributed by atoms with E-state index in [4.69, 9.17) is 4.74 Å². The summed E-state index contributed by atoms with van der Waals surface area (Å²) in [7, 11) is 0. The molecule has 2 heterocycles. The number of hydrogen-bond acceptors (Lipinski definition) is 5. The van der Waals surface area contributed by atoms with Crippen molar-refractivity contribution in [1.82, 2.24) is 14.8 Å². The number of benzene rings is 3. The summed E-state index contributed by atoms with van der Waals surface area (Å²) in [5.41, 5.74) is 0.580. The second-order valence-electron chi connectivity index (χ2n) is 9.67. The molecule has 3 aromatic carbocycles. The second kappa shape index (κ2) is 12.4. The SMILES string of the molecule is O=C(c1ccccc1F)N(CCN1CCOCC1)CC(=O)N1N=C(c2ccccc2F)CC1c1ccccc1F. The molecule has 40 heavy (non-hydrogen) atoms. The first-order valence-corrected chi connectivity index (χ1v) is 13.1. The molecule has 2 aliphatic rings. The number of nitrogens with zero attached hydrogens (tertiary/aromatic N) is 4. The zero-order valence-corrected chi connectivity index (χ0v) is 21.8. The highest BCUT2D eigenvalue weighted by atomic mass is 19.1. The monoisotopic (exact) mass is 550 g/mol. The van der Waals surface area contributed by atoms with Crippen molar-refractivity contribution in [3.63, 3.8) is 0 Å². The van der Waals surface area contributed by atoms with Gasteiger partial charge in [-0.1, -0.05) is 48.5 Å². The molecule has 0 saturated carbocycles. The van der Waals surface area contributed by atoms with Gasteiger partial charge in [-0.25, -0.2) is 18.2 Å². The average Bonchev–Trinajstić information content (AvgIpc) is 3.41. The zero-order chi connectivity index (χ0) is 28.1. The number of halogens is 3. The summed E-state index contributed by atoms with van der Waals surface area (Å²) < 4.78 is 49.5. The van der Waals surface area contributed by atoms with E-state index in [2.05, 4.69) is 10.0 Å². The molecule has 0 bridgehead atoms. The first kappa shape index (κ1) is 27.5. The van der Waals surface area contributed by atoms with E-state index < -0.39 is 41.9 Å². The van der Waals surface area contributed by atoms with Crippen LogP contribution in [0.4, 0.5) is 13.2 Å². The number of hydrazone groups is 1. The van der Waals surface area contributed by atoms with Gasteiger partial charge >= 0.3 is 0 Å². The van der Waals surface area contributed by atoms with E-state index in [1.807, 2.05) is 0 Å². The lowest BCUT2D eigenvalue weighted by atomic mass is 9.97. The summed E-state index contributed by atoms with van der Waals surface area (Å²) in [5, 5.41) is 5.55. The fourth-order valence-electron chi connectivity index (χ4n) is 4.97. The summed E-state index contributed by atoms with van der Waals surface area (Å²) in [4.78, 5) is 30.6. The predicted octanol–water partition coefficient (Wildman–Crippen LogP) is 4.26. The fraction of sp³-hybridized carbons (Fsp3) is 0.300. The molecule has 0 aliphatic carbocycles. The van der Waals surface area contributed by atoms with Crippen molar-refractivity contribution >= 4 is 17.5 Å². The smallest absolute Gasteiger partial charge is 0.262 e. The second-order valence-corrected chi connectivity index (χ2v) is 9.67. The number of ether oxygens (including phenoxy) is 1. The van der Waals surface area contributed by atoms with E-state index in [0.717, 1.165) is 5.01 Å². The van der Waals surface area contributed by atoms with Crippen LogP contribution in [0.1, 0.15) is 33.9 Å². The van der Waals surface area contributed by atoms with E-state index in [-0.39, 0.29) is 29.7 Å². The molecule has 0 N–H and O–H groups in total. The number of rotatable bonds is 8. The molecule has 1 fully saturated rings. The largest absolute Gasteiger partial charge is 0.379 e. The van der Waals surface area contributed by atoms with Gasteiger partial charge in [-0.3, -0.25) is 14.5 Å². The van der Waals surface area contributed by atoms with Gasteiger partial charge < -0.3 is 9.64 Å². The van der Waals surface area contributed by atoms with Crippen molar-refractivity contribution < 1.29 is 27.5 Å². The first-order chi connectivity index (χ1) is 19.4. The minimum absolute atomic E-state index is 0.0860. The Hall–Kier alpha value is -4.02. The van der Waals surface area contributed by atoms with Crippen molar-refractivity contribution in [2.24, 2.45) is 5.10 Å². The number of hydrogen-bond donors (Lipinski definition) is 0. The van der Waals surface area contributed by atoms with Gasteiger partial charge in [-0.15, -0.1) is 0 Å². The minimum atomic E-state index is -0.840. The number of amides is 2. The van der Waals surface area contributed by atoms with Crippen LogP contribution in [0.3, 0.4) is 0 Å². The summed E-state index contributed by atoms with van der Waals surface area (Å²) in [6, 6.07) is 16.8. The maximum atomic E-state index is 14.9. The standard InChI is InChI=1S/C30H29F3N4O3/c31-24-10-4-1-7-21(24)27-19-28(22-8-2-5-11-25(22)32)37(34-27)29(38)20-36(14-13-35-15-17-40-18-16-35)30(39)23-9-3-6-12-26(23)33/h1-12,28H,13-20H2. The third-order valence-electron chi connectivity index (χ3n) is 7.12. The van der Waals surface area contributed by atoms with Crippen LogP contribution in [-0.4, -0.2) is 78.3 Å². The van der Waals surface area contributed by atoms with E-state index in [0.29, 0.717) is 38.6 Å². The lowest BCUT2D eigenvalue weighted by molar-refractivity contribution is -0.133. The Morgan fingerprint density at radius 3 is 2.23 bits per heavy atom. The van der Waals surface area contributed by atoms with Crippen LogP contribution in [-0.2, 0) is 9.53 Å². The molecule has 1 saturated heterocycles. The quantitative estimate of drug-likeness (QED) is 0.421. The van der Waals surface area contributed by atoms with Gasteiger partial charge in [0.2, 0.25) is 0 Å². The van der Waals surface area contributed by atoms with Crippen molar-refractivity contribution in [3.05, 3.63) is 107 Å². The van der Waals surface area contributed by atoms with Crippen molar-refractivity contribution in [1.29, 1.82) is 0 Å². The molecular formula is C30H29F3N4O3. The van der Waals surface area contributed by atoms with Crippen molar-refractivity contribution in [3.8, 4) is 0 Å². The molecule has 0 aromatic heterocycles. The van der Waals surface area contributed by atoms with Gasteiger partial charge in [-0.2, -0.15) is 5.10 Å². The van der Waals surface area contributed by atoms with Gasteiger partial charge in [0.15, 0.2) is 0 Å². The zero-order valence-electron chi connectivity index (χ0n) is 21.8. The topological polar surface area (TPSA) is 65.5 Å². The van der Waals surface area contributed by atoms with Gasteiger partial charge in [0.1, 0.15) is 24.0 Å². The van der Waals surface area contributed by atoms with Crippen molar-refractivity contribution in [2.75, 3.05) is 45.9 Å².